The van der Waals surface area contributed by atoms with Crippen LogP contribution in [0.2, 0.25) is 0 Å². The lowest BCUT2D eigenvalue weighted by Gasteiger charge is -2.15. The molecule has 1 fully saturated rings. The van der Waals surface area contributed by atoms with Crippen LogP contribution >= 0.6 is 0 Å². The zero-order chi connectivity index (χ0) is 17.6. The topological polar surface area (TPSA) is 104 Å². The van der Waals surface area contributed by atoms with Gasteiger partial charge < -0.3 is 10.4 Å². The molecule has 2 N–H and O–H groups in total. The average molecular weight is 354 g/mol. The third kappa shape index (κ3) is 5.31. The number of nitrogens with zero attached hydrogens (tertiary/aromatic N) is 1. The second-order valence-corrected chi connectivity index (χ2v) is 7.89. The van der Waals surface area contributed by atoms with Gasteiger partial charge >= 0.3 is 5.97 Å². The lowest BCUT2D eigenvalue weighted by molar-refractivity contribution is -0.136. The Kier molecular flexibility index (Phi) is 6.33. The van der Waals surface area contributed by atoms with Crippen molar-refractivity contribution < 1.29 is 23.1 Å². The molecule has 1 aliphatic rings. The monoisotopic (exact) mass is 354 g/mol. The standard InChI is InChI=1S/C16H22N2O5S/c19-15(8-5-11-24(22,23)18-9-3-4-10-18)17-14-7-2-1-6-13(14)12-16(20)21/h1-2,6-7H,3-5,8-12H2,(H,17,19)(H,20,21). The predicted molar refractivity (Wildman–Crippen MR) is 90.2 cm³/mol. The van der Waals surface area contributed by atoms with Crippen molar-refractivity contribution in [3.63, 3.8) is 0 Å². The van der Waals surface area contributed by atoms with Crippen LogP contribution in [0.1, 0.15) is 31.2 Å². The summed E-state index contributed by atoms with van der Waals surface area (Å²) in [6.07, 6.45) is 1.92. The Bertz CT molecular complexity index is 696. The van der Waals surface area contributed by atoms with Crippen LogP contribution in [0.4, 0.5) is 5.69 Å². The molecule has 0 unspecified atom stereocenters. The number of carbonyl (C=O) groups excluding carboxylic acids is 1. The normalized spacial score (nSPS) is 15.3. The number of sulfonamides is 1. The fraction of sp³-hybridized carbons (Fsp3) is 0.500. The highest BCUT2D eigenvalue weighted by molar-refractivity contribution is 7.89. The fourth-order valence-electron chi connectivity index (χ4n) is 2.68. The number of amides is 1. The smallest absolute Gasteiger partial charge is 0.307 e. The molecule has 0 saturated carbocycles. The first kappa shape index (κ1) is 18.4. The molecule has 7 nitrogen and oxygen atoms in total. The molecule has 1 amide bonds. The first-order chi connectivity index (χ1) is 11.4. The number of rotatable bonds is 8. The summed E-state index contributed by atoms with van der Waals surface area (Å²) in [5.74, 6) is -1.34. The predicted octanol–water partition coefficient (Wildman–Crippen LogP) is 1.46. The van der Waals surface area contributed by atoms with Crippen LogP contribution in [0.15, 0.2) is 24.3 Å². The van der Waals surface area contributed by atoms with E-state index in [9.17, 15) is 18.0 Å². The van der Waals surface area contributed by atoms with Gasteiger partial charge in [-0.3, -0.25) is 9.59 Å². The Labute approximate surface area is 141 Å². The molecule has 1 saturated heterocycles. The third-order valence-electron chi connectivity index (χ3n) is 3.90. The van der Waals surface area contributed by atoms with Gasteiger partial charge in [-0.1, -0.05) is 18.2 Å². The van der Waals surface area contributed by atoms with Gasteiger partial charge in [0.05, 0.1) is 12.2 Å². The Morgan fingerprint density at radius 2 is 1.83 bits per heavy atom. The minimum atomic E-state index is -3.28. The average Bonchev–Trinajstić information content (AvgIpc) is 3.04. The minimum absolute atomic E-state index is 0.0445. The summed E-state index contributed by atoms with van der Waals surface area (Å²) in [6, 6.07) is 6.69. The van der Waals surface area contributed by atoms with E-state index in [0.717, 1.165) is 12.8 Å². The first-order valence-electron chi connectivity index (χ1n) is 7.96. The van der Waals surface area contributed by atoms with Crippen molar-refractivity contribution in [1.82, 2.24) is 4.31 Å². The number of hydrogen-bond acceptors (Lipinski definition) is 4. The van der Waals surface area contributed by atoms with Crippen molar-refractivity contribution in [2.45, 2.75) is 32.1 Å². The maximum atomic E-state index is 12.1. The summed E-state index contributed by atoms with van der Waals surface area (Å²) in [5.41, 5.74) is 0.968. The van der Waals surface area contributed by atoms with Gasteiger partial charge in [0.25, 0.3) is 0 Å². The molecule has 1 aromatic carbocycles. The summed E-state index contributed by atoms with van der Waals surface area (Å²) >= 11 is 0. The van der Waals surface area contributed by atoms with Crippen LogP contribution in [0.5, 0.6) is 0 Å². The van der Waals surface area contributed by atoms with Crippen LogP contribution in [-0.2, 0) is 26.0 Å². The number of para-hydroxylation sites is 1. The van der Waals surface area contributed by atoms with Gasteiger partial charge in [0.2, 0.25) is 15.9 Å². The third-order valence-corrected chi connectivity index (χ3v) is 5.85. The highest BCUT2D eigenvalue weighted by Crippen LogP contribution is 2.17. The van der Waals surface area contributed by atoms with Gasteiger partial charge in [-0.05, 0) is 30.9 Å². The van der Waals surface area contributed by atoms with E-state index in [4.69, 9.17) is 5.11 Å². The lowest BCUT2D eigenvalue weighted by atomic mass is 10.1. The van der Waals surface area contributed by atoms with Gasteiger partial charge in [-0.25, -0.2) is 12.7 Å². The molecule has 0 aromatic heterocycles. The molecule has 8 heteroatoms. The van der Waals surface area contributed by atoms with Crippen molar-refractivity contribution in [3.05, 3.63) is 29.8 Å². The number of carboxylic acids is 1. The van der Waals surface area contributed by atoms with Crippen LogP contribution in [0.25, 0.3) is 0 Å². The Hall–Kier alpha value is -1.93. The summed E-state index contributed by atoms with van der Waals surface area (Å²) in [5, 5.41) is 11.5. The van der Waals surface area contributed by atoms with Gasteiger partial charge in [-0.15, -0.1) is 0 Å². The van der Waals surface area contributed by atoms with Crippen molar-refractivity contribution in [1.29, 1.82) is 0 Å². The van der Waals surface area contributed by atoms with E-state index in [1.54, 1.807) is 24.3 Å². The second kappa shape index (κ2) is 8.25. The number of nitrogens with one attached hydrogen (secondary N) is 1. The number of aliphatic carboxylic acids is 1. The summed E-state index contributed by atoms with van der Waals surface area (Å²) in [4.78, 5) is 22.8. The Morgan fingerprint density at radius 1 is 1.17 bits per heavy atom. The van der Waals surface area contributed by atoms with E-state index in [1.165, 1.54) is 4.31 Å². The van der Waals surface area contributed by atoms with Gasteiger partial charge in [0.1, 0.15) is 0 Å². The summed E-state index contributed by atoms with van der Waals surface area (Å²) in [6.45, 7) is 1.13. The Morgan fingerprint density at radius 3 is 2.50 bits per heavy atom. The van der Waals surface area contributed by atoms with Crippen molar-refractivity contribution in [3.8, 4) is 0 Å². The molecule has 0 radical (unpaired) electrons. The highest BCUT2D eigenvalue weighted by Gasteiger charge is 2.24. The molecular weight excluding hydrogens is 332 g/mol. The fourth-order valence-corrected chi connectivity index (χ4v) is 4.26. The van der Waals surface area contributed by atoms with E-state index >= 15 is 0 Å². The lowest BCUT2D eigenvalue weighted by Crippen LogP contribution is -2.30. The zero-order valence-electron chi connectivity index (χ0n) is 13.4. The molecule has 24 heavy (non-hydrogen) atoms. The number of carbonyl (C=O) groups is 2. The molecule has 2 rings (SSSR count). The van der Waals surface area contributed by atoms with Crippen LogP contribution in [0, 0.1) is 0 Å². The molecule has 0 spiro atoms. The molecule has 0 bridgehead atoms. The van der Waals surface area contributed by atoms with Gasteiger partial charge in [0, 0.05) is 25.2 Å². The van der Waals surface area contributed by atoms with E-state index in [2.05, 4.69) is 5.32 Å². The number of anilines is 1. The van der Waals surface area contributed by atoms with Crippen molar-refractivity contribution in [2.24, 2.45) is 0 Å². The van der Waals surface area contributed by atoms with Crippen LogP contribution in [-0.4, -0.2) is 48.5 Å². The number of hydrogen-bond donors (Lipinski definition) is 2. The number of carboxylic acid groups (broad SMARTS) is 1. The van der Waals surface area contributed by atoms with Gasteiger partial charge in [-0.2, -0.15) is 0 Å². The summed E-state index contributed by atoms with van der Waals surface area (Å²) in [7, 11) is -3.28. The molecule has 132 valence electrons. The van der Waals surface area contributed by atoms with Gasteiger partial charge in [0.15, 0.2) is 0 Å². The van der Waals surface area contributed by atoms with Crippen LogP contribution in [0.3, 0.4) is 0 Å². The minimum Gasteiger partial charge on any atom is -0.481 e. The van der Waals surface area contributed by atoms with E-state index in [1.807, 2.05) is 0 Å². The molecule has 0 atom stereocenters. The maximum absolute atomic E-state index is 12.1. The zero-order valence-corrected chi connectivity index (χ0v) is 14.2. The highest BCUT2D eigenvalue weighted by atomic mass is 32.2. The number of benzene rings is 1. The molecular formula is C16H22N2O5S. The van der Waals surface area contributed by atoms with E-state index < -0.39 is 16.0 Å². The largest absolute Gasteiger partial charge is 0.481 e. The van der Waals surface area contributed by atoms with Crippen LogP contribution < -0.4 is 5.32 Å². The first-order valence-corrected chi connectivity index (χ1v) is 9.57. The molecule has 1 aliphatic heterocycles. The van der Waals surface area contributed by atoms with Crippen molar-refractivity contribution in [2.75, 3.05) is 24.2 Å². The maximum Gasteiger partial charge on any atom is 0.307 e. The molecule has 1 heterocycles. The van der Waals surface area contributed by atoms with Crippen molar-refractivity contribution >= 4 is 27.6 Å². The summed E-state index contributed by atoms with van der Waals surface area (Å²) < 4.78 is 25.6. The SMILES string of the molecule is O=C(O)Cc1ccccc1NC(=O)CCCS(=O)(=O)N1CCCC1. The quantitative estimate of drug-likeness (QED) is 0.735. The Balaban J connectivity index is 1.84. The van der Waals surface area contributed by atoms with E-state index in [-0.39, 0.29) is 30.9 Å². The molecule has 1 aromatic rings. The molecule has 0 aliphatic carbocycles. The second-order valence-electron chi connectivity index (χ2n) is 5.80. The van der Waals surface area contributed by atoms with E-state index in [0.29, 0.717) is 24.3 Å².